The maximum Gasteiger partial charge on any atom is 0.0482 e. The lowest BCUT2D eigenvalue weighted by atomic mass is 9.92. The number of hydrogen-bond donors (Lipinski definition) is 1. The summed E-state index contributed by atoms with van der Waals surface area (Å²) in [5.41, 5.74) is 11.6. The van der Waals surface area contributed by atoms with Gasteiger partial charge in [0.25, 0.3) is 0 Å². The van der Waals surface area contributed by atoms with E-state index in [1.165, 1.54) is 50.2 Å². The Bertz CT molecular complexity index is 1160. The summed E-state index contributed by atoms with van der Waals surface area (Å²) in [6.07, 6.45) is 10.2. The molecule has 0 bridgehead atoms. The van der Waals surface area contributed by atoms with Gasteiger partial charge < -0.3 is 5.32 Å². The van der Waals surface area contributed by atoms with Crippen molar-refractivity contribution in [1.82, 2.24) is 0 Å². The van der Waals surface area contributed by atoms with Gasteiger partial charge in [0.2, 0.25) is 0 Å². The van der Waals surface area contributed by atoms with E-state index in [0.717, 1.165) is 6.42 Å². The van der Waals surface area contributed by atoms with Crippen molar-refractivity contribution in [3.05, 3.63) is 130 Å². The third-order valence-corrected chi connectivity index (χ3v) is 6.29. The van der Waals surface area contributed by atoms with Crippen molar-refractivity contribution in [2.24, 2.45) is 0 Å². The number of aryl methyl sites for hydroxylation is 3. The van der Waals surface area contributed by atoms with E-state index in [1.54, 1.807) is 0 Å². The Morgan fingerprint density at radius 2 is 1.61 bits per heavy atom. The summed E-state index contributed by atoms with van der Waals surface area (Å²) >= 11 is 0. The number of anilines is 1. The van der Waals surface area contributed by atoms with Crippen LogP contribution in [0.25, 0.3) is 5.57 Å². The standard InChI is InChI=1S/C30H31N/c1-21-13-16-27(19-23(21)3)29(26-10-6-5-7-11-26)20-25-14-17-28(18-15-25)31-30-12-8-9-22(2)24(30)4/h5-17,19-20,28,31H,18H2,1-4H3. The summed E-state index contributed by atoms with van der Waals surface area (Å²) < 4.78 is 0. The molecule has 156 valence electrons. The van der Waals surface area contributed by atoms with Gasteiger partial charge in [0.1, 0.15) is 0 Å². The molecule has 0 radical (unpaired) electrons. The van der Waals surface area contributed by atoms with Crippen molar-refractivity contribution in [2.75, 3.05) is 5.32 Å². The van der Waals surface area contributed by atoms with Crippen LogP contribution >= 0.6 is 0 Å². The largest absolute Gasteiger partial charge is 0.378 e. The molecule has 0 aromatic heterocycles. The normalized spacial score (nSPS) is 16.2. The number of rotatable bonds is 5. The summed E-state index contributed by atoms with van der Waals surface area (Å²) in [5.74, 6) is 0. The highest BCUT2D eigenvalue weighted by atomic mass is 14.9. The van der Waals surface area contributed by atoms with Crippen LogP contribution in [0.2, 0.25) is 0 Å². The number of hydrogen-bond acceptors (Lipinski definition) is 1. The van der Waals surface area contributed by atoms with Crippen LogP contribution in [0.5, 0.6) is 0 Å². The minimum Gasteiger partial charge on any atom is -0.378 e. The molecule has 0 heterocycles. The maximum absolute atomic E-state index is 3.69. The molecule has 1 aliphatic rings. The predicted molar refractivity (Wildman–Crippen MR) is 135 cm³/mol. The van der Waals surface area contributed by atoms with Gasteiger partial charge in [0.15, 0.2) is 0 Å². The SMILES string of the molecule is Cc1ccc(C(=CC2=CCC(Nc3cccc(C)c3C)C=C2)c2ccccc2)cc1C. The van der Waals surface area contributed by atoms with Crippen LogP contribution in [0.1, 0.15) is 39.8 Å². The molecule has 4 rings (SSSR count). The second-order valence-electron chi connectivity index (χ2n) is 8.52. The third kappa shape index (κ3) is 4.88. The van der Waals surface area contributed by atoms with Crippen molar-refractivity contribution in [1.29, 1.82) is 0 Å². The van der Waals surface area contributed by atoms with E-state index in [-0.39, 0.29) is 0 Å². The summed E-state index contributed by atoms with van der Waals surface area (Å²) in [6.45, 7) is 8.70. The molecule has 0 spiro atoms. The fourth-order valence-electron chi connectivity index (χ4n) is 3.98. The van der Waals surface area contributed by atoms with Gasteiger partial charge in [-0.05, 0) is 90.8 Å². The zero-order valence-electron chi connectivity index (χ0n) is 18.9. The van der Waals surface area contributed by atoms with E-state index in [0.29, 0.717) is 6.04 Å². The van der Waals surface area contributed by atoms with Crippen molar-refractivity contribution >= 4 is 11.3 Å². The molecule has 3 aromatic rings. The van der Waals surface area contributed by atoms with Crippen LogP contribution in [0.15, 0.2) is 96.6 Å². The van der Waals surface area contributed by atoms with Crippen LogP contribution in [0, 0.1) is 27.7 Å². The lowest BCUT2D eigenvalue weighted by Gasteiger charge is -2.21. The van der Waals surface area contributed by atoms with Gasteiger partial charge in [-0.2, -0.15) is 0 Å². The monoisotopic (exact) mass is 405 g/mol. The highest BCUT2D eigenvalue weighted by Gasteiger charge is 2.12. The second-order valence-corrected chi connectivity index (χ2v) is 8.52. The second kappa shape index (κ2) is 9.22. The van der Waals surface area contributed by atoms with E-state index in [4.69, 9.17) is 0 Å². The molecule has 3 aromatic carbocycles. The van der Waals surface area contributed by atoms with Gasteiger partial charge >= 0.3 is 0 Å². The average Bonchev–Trinajstić information content (AvgIpc) is 2.79. The quantitative estimate of drug-likeness (QED) is 0.458. The van der Waals surface area contributed by atoms with Crippen LogP contribution < -0.4 is 5.32 Å². The van der Waals surface area contributed by atoms with E-state index >= 15 is 0 Å². The highest BCUT2D eigenvalue weighted by molar-refractivity contribution is 5.82. The fourth-order valence-corrected chi connectivity index (χ4v) is 3.98. The molecule has 1 nitrogen and oxygen atoms in total. The predicted octanol–water partition coefficient (Wildman–Crippen LogP) is 7.72. The number of allylic oxidation sites excluding steroid dienone is 3. The summed E-state index contributed by atoms with van der Waals surface area (Å²) in [7, 11) is 0. The molecular formula is C30H31N. The van der Waals surface area contributed by atoms with Crippen LogP contribution in [0.4, 0.5) is 5.69 Å². The van der Waals surface area contributed by atoms with Crippen LogP contribution in [-0.2, 0) is 0 Å². The molecule has 1 unspecified atom stereocenters. The zero-order valence-corrected chi connectivity index (χ0v) is 18.9. The lowest BCUT2D eigenvalue weighted by molar-refractivity contribution is 0.875. The molecule has 1 heteroatoms. The van der Waals surface area contributed by atoms with Gasteiger partial charge in [0, 0.05) is 11.7 Å². The summed E-state index contributed by atoms with van der Waals surface area (Å²) in [6, 6.07) is 24.2. The van der Waals surface area contributed by atoms with Gasteiger partial charge in [-0.1, -0.05) is 78.9 Å². The molecule has 0 amide bonds. The molecule has 0 aliphatic heterocycles. The van der Waals surface area contributed by atoms with Crippen molar-refractivity contribution in [2.45, 2.75) is 40.2 Å². The fraction of sp³-hybridized carbons (Fsp3) is 0.200. The molecule has 0 saturated heterocycles. The zero-order chi connectivity index (χ0) is 21.8. The summed E-state index contributed by atoms with van der Waals surface area (Å²) in [5, 5.41) is 3.69. The first kappa shape index (κ1) is 20.9. The van der Waals surface area contributed by atoms with Gasteiger partial charge in [-0.3, -0.25) is 0 Å². The Balaban J connectivity index is 1.59. The Labute approximate surface area is 186 Å². The minimum absolute atomic E-state index is 0.319. The molecule has 1 aliphatic carbocycles. The molecule has 0 fully saturated rings. The number of benzene rings is 3. The Morgan fingerprint density at radius 1 is 0.806 bits per heavy atom. The number of nitrogens with one attached hydrogen (secondary N) is 1. The van der Waals surface area contributed by atoms with Gasteiger partial charge in [-0.25, -0.2) is 0 Å². The molecule has 1 atom stereocenters. The topological polar surface area (TPSA) is 12.0 Å². The molecule has 31 heavy (non-hydrogen) atoms. The van der Waals surface area contributed by atoms with Crippen molar-refractivity contribution in [3.63, 3.8) is 0 Å². The first-order valence-corrected chi connectivity index (χ1v) is 11.1. The highest BCUT2D eigenvalue weighted by Crippen LogP contribution is 2.28. The van der Waals surface area contributed by atoms with Gasteiger partial charge in [-0.15, -0.1) is 0 Å². The van der Waals surface area contributed by atoms with Gasteiger partial charge in [0.05, 0.1) is 0 Å². The lowest BCUT2D eigenvalue weighted by Crippen LogP contribution is -2.18. The first-order valence-electron chi connectivity index (χ1n) is 11.1. The third-order valence-electron chi connectivity index (χ3n) is 6.29. The van der Waals surface area contributed by atoms with Crippen LogP contribution in [0.3, 0.4) is 0 Å². The summed E-state index contributed by atoms with van der Waals surface area (Å²) in [4.78, 5) is 0. The van der Waals surface area contributed by atoms with Crippen LogP contribution in [-0.4, -0.2) is 6.04 Å². The Hall–Kier alpha value is -3.32. The Kier molecular flexibility index (Phi) is 6.23. The molecular weight excluding hydrogens is 374 g/mol. The first-order chi connectivity index (χ1) is 15.0. The van der Waals surface area contributed by atoms with E-state index in [9.17, 15) is 0 Å². The average molecular weight is 406 g/mol. The smallest absolute Gasteiger partial charge is 0.0482 e. The van der Waals surface area contributed by atoms with Crippen molar-refractivity contribution in [3.8, 4) is 0 Å². The van der Waals surface area contributed by atoms with E-state index in [2.05, 4.69) is 124 Å². The minimum atomic E-state index is 0.319. The molecule has 1 N–H and O–H groups in total. The van der Waals surface area contributed by atoms with E-state index in [1.807, 2.05) is 0 Å². The van der Waals surface area contributed by atoms with E-state index < -0.39 is 0 Å². The Morgan fingerprint density at radius 3 is 2.32 bits per heavy atom. The van der Waals surface area contributed by atoms with Crippen molar-refractivity contribution < 1.29 is 0 Å². The molecule has 0 saturated carbocycles. The maximum atomic E-state index is 3.69.